The Balaban J connectivity index is 1.79. The summed E-state index contributed by atoms with van der Waals surface area (Å²) in [5.41, 5.74) is 1.08. The Kier molecular flexibility index (Phi) is 4.90. The molecule has 2 aromatic rings. The van der Waals surface area contributed by atoms with Gasteiger partial charge in [-0.3, -0.25) is 9.69 Å². The van der Waals surface area contributed by atoms with E-state index in [0.29, 0.717) is 5.82 Å². The second kappa shape index (κ2) is 7.09. The summed E-state index contributed by atoms with van der Waals surface area (Å²) in [6.07, 6.45) is 4.73. The molecule has 0 aliphatic heterocycles. The van der Waals surface area contributed by atoms with Gasteiger partial charge in [-0.05, 0) is 25.0 Å². The molecule has 1 aliphatic rings. The van der Waals surface area contributed by atoms with Crippen molar-refractivity contribution in [2.45, 2.75) is 37.7 Å². The lowest BCUT2D eigenvalue weighted by Gasteiger charge is -2.36. The highest BCUT2D eigenvalue weighted by Crippen LogP contribution is 2.33. The zero-order valence-electron chi connectivity index (χ0n) is 14.2. The lowest BCUT2D eigenvalue weighted by Crippen LogP contribution is -2.50. The number of ether oxygens (including phenoxy) is 1. The summed E-state index contributed by atoms with van der Waals surface area (Å²) >= 11 is 0. The van der Waals surface area contributed by atoms with E-state index in [0.717, 1.165) is 43.4 Å². The van der Waals surface area contributed by atoms with Gasteiger partial charge in [0.05, 0.1) is 5.69 Å². The molecule has 5 nitrogen and oxygen atoms in total. The molecule has 1 heterocycles. The molecular weight excluding hydrogens is 302 g/mol. The summed E-state index contributed by atoms with van der Waals surface area (Å²) in [5.74, 6) is 0.508. The number of likely N-dealkylation sites (N-methyl/N-ethyl adjacent to an activating group) is 1. The van der Waals surface area contributed by atoms with Gasteiger partial charge in [0, 0.05) is 19.7 Å². The van der Waals surface area contributed by atoms with Crippen LogP contribution in [0.4, 0.5) is 5.82 Å². The van der Waals surface area contributed by atoms with Crippen LogP contribution >= 0.6 is 0 Å². The highest BCUT2D eigenvalue weighted by Gasteiger charge is 2.42. The topological polar surface area (TPSA) is 55.3 Å². The first kappa shape index (κ1) is 16.6. The van der Waals surface area contributed by atoms with Gasteiger partial charge in [-0.1, -0.05) is 49.6 Å². The predicted molar refractivity (Wildman–Crippen MR) is 93.7 cm³/mol. The second-order valence-electron chi connectivity index (χ2n) is 6.27. The fraction of sp³-hybridized carbons (Fsp3) is 0.421. The molecule has 1 saturated carbocycles. The molecule has 0 radical (unpaired) electrons. The third-order valence-corrected chi connectivity index (χ3v) is 4.81. The van der Waals surface area contributed by atoms with Crippen LogP contribution in [0.1, 0.15) is 32.1 Å². The van der Waals surface area contributed by atoms with Gasteiger partial charge in [-0.25, -0.2) is 0 Å². The van der Waals surface area contributed by atoms with Crippen LogP contribution in [0.25, 0.3) is 11.3 Å². The van der Waals surface area contributed by atoms with Crippen LogP contribution in [0.2, 0.25) is 0 Å². The highest BCUT2D eigenvalue weighted by atomic mass is 16.5. The quantitative estimate of drug-likeness (QED) is 0.864. The summed E-state index contributed by atoms with van der Waals surface area (Å²) in [4.78, 5) is 14.5. The molecule has 0 N–H and O–H groups in total. The fourth-order valence-corrected chi connectivity index (χ4v) is 3.30. The van der Waals surface area contributed by atoms with Crippen molar-refractivity contribution in [1.29, 1.82) is 0 Å². The van der Waals surface area contributed by atoms with Crippen LogP contribution in [0.15, 0.2) is 42.5 Å². The van der Waals surface area contributed by atoms with Crippen molar-refractivity contribution in [2.24, 2.45) is 0 Å². The Hall–Kier alpha value is -2.27. The predicted octanol–water partition coefficient (Wildman–Crippen LogP) is 3.46. The van der Waals surface area contributed by atoms with E-state index >= 15 is 0 Å². The zero-order chi connectivity index (χ0) is 17.0. The van der Waals surface area contributed by atoms with E-state index in [1.165, 1.54) is 0 Å². The van der Waals surface area contributed by atoms with E-state index < -0.39 is 5.60 Å². The molecule has 1 fully saturated rings. The van der Waals surface area contributed by atoms with Gasteiger partial charge in [-0.2, -0.15) is 0 Å². The van der Waals surface area contributed by atoms with Crippen molar-refractivity contribution < 1.29 is 9.53 Å². The van der Waals surface area contributed by atoms with E-state index in [1.54, 1.807) is 19.1 Å². The average Bonchev–Trinajstić information content (AvgIpc) is 2.68. The van der Waals surface area contributed by atoms with Crippen LogP contribution in [0.5, 0.6) is 0 Å². The van der Waals surface area contributed by atoms with Gasteiger partial charge >= 0.3 is 0 Å². The van der Waals surface area contributed by atoms with Crippen molar-refractivity contribution in [3.8, 4) is 11.3 Å². The van der Waals surface area contributed by atoms with Crippen LogP contribution in [-0.2, 0) is 9.53 Å². The van der Waals surface area contributed by atoms with Crippen LogP contribution < -0.4 is 4.90 Å². The largest absolute Gasteiger partial charge is 0.368 e. The number of rotatable bonds is 4. The minimum Gasteiger partial charge on any atom is -0.368 e. The summed E-state index contributed by atoms with van der Waals surface area (Å²) in [7, 11) is 3.37. The number of hydrogen-bond donors (Lipinski definition) is 0. The van der Waals surface area contributed by atoms with Crippen LogP contribution in [0.3, 0.4) is 0 Å². The van der Waals surface area contributed by atoms with Gasteiger partial charge in [0.25, 0.3) is 5.91 Å². The maximum absolute atomic E-state index is 12.9. The maximum Gasteiger partial charge on any atom is 0.260 e. The summed E-state index contributed by atoms with van der Waals surface area (Å²) in [6.45, 7) is 0. The van der Waals surface area contributed by atoms with E-state index in [4.69, 9.17) is 4.74 Å². The minimum atomic E-state index is -0.715. The van der Waals surface area contributed by atoms with Gasteiger partial charge in [0.15, 0.2) is 5.82 Å². The van der Waals surface area contributed by atoms with Gasteiger partial charge in [0.1, 0.15) is 5.60 Å². The first-order chi connectivity index (χ1) is 11.7. The Morgan fingerprint density at radius 3 is 2.33 bits per heavy atom. The third-order valence-electron chi connectivity index (χ3n) is 4.81. The normalized spacial score (nSPS) is 16.6. The summed E-state index contributed by atoms with van der Waals surface area (Å²) in [5, 5.41) is 8.50. The van der Waals surface area contributed by atoms with Gasteiger partial charge in [0.2, 0.25) is 0 Å². The number of hydrogen-bond acceptors (Lipinski definition) is 4. The highest BCUT2D eigenvalue weighted by molar-refractivity contribution is 5.98. The van der Waals surface area contributed by atoms with E-state index in [-0.39, 0.29) is 5.91 Å². The SMILES string of the molecule is COC1(C(=O)N(C)c2ccc(-c3ccccc3)nn2)CCCCC1. The standard InChI is InChI=1S/C19H23N3O2/c1-22(18(23)19(24-2)13-7-4-8-14-19)17-12-11-16(20-21-17)15-9-5-3-6-10-15/h3,5-6,9-12H,4,7-8,13-14H2,1-2H3. The molecule has 3 rings (SSSR count). The van der Waals surface area contributed by atoms with Crippen molar-refractivity contribution in [2.75, 3.05) is 19.1 Å². The molecular formula is C19H23N3O2. The molecule has 0 spiro atoms. The third kappa shape index (κ3) is 3.17. The molecule has 0 bridgehead atoms. The molecule has 1 aromatic carbocycles. The second-order valence-corrected chi connectivity index (χ2v) is 6.27. The number of amides is 1. The number of nitrogens with zero attached hydrogens (tertiary/aromatic N) is 3. The first-order valence-corrected chi connectivity index (χ1v) is 8.39. The van der Waals surface area contributed by atoms with Crippen molar-refractivity contribution >= 4 is 11.7 Å². The monoisotopic (exact) mass is 325 g/mol. The molecule has 1 aromatic heterocycles. The summed E-state index contributed by atoms with van der Waals surface area (Å²) < 4.78 is 5.64. The molecule has 1 amide bonds. The lowest BCUT2D eigenvalue weighted by molar-refractivity contribution is -0.144. The molecule has 24 heavy (non-hydrogen) atoms. The van der Waals surface area contributed by atoms with Gasteiger partial charge < -0.3 is 4.74 Å². The van der Waals surface area contributed by atoms with E-state index in [1.807, 2.05) is 42.5 Å². The van der Waals surface area contributed by atoms with Gasteiger partial charge in [-0.15, -0.1) is 10.2 Å². The minimum absolute atomic E-state index is 0.0357. The molecule has 0 unspecified atom stereocenters. The average molecular weight is 325 g/mol. The summed E-state index contributed by atoms with van der Waals surface area (Å²) in [6, 6.07) is 13.6. The van der Waals surface area contributed by atoms with Crippen molar-refractivity contribution in [3.05, 3.63) is 42.5 Å². The number of anilines is 1. The maximum atomic E-state index is 12.9. The van der Waals surface area contributed by atoms with E-state index in [2.05, 4.69) is 10.2 Å². The smallest absolute Gasteiger partial charge is 0.260 e. The first-order valence-electron chi connectivity index (χ1n) is 8.39. The Labute approximate surface area is 142 Å². The number of carbonyl (C=O) groups excluding carboxylic acids is 1. The Bertz CT molecular complexity index is 680. The Morgan fingerprint density at radius 2 is 1.75 bits per heavy atom. The molecule has 0 saturated heterocycles. The van der Waals surface area contributed by atoms with E-state index in [9.17, 15) is 4.79 Å². The number of benzene rings is 1. The lowest BCUT2D eigenvalue weighted by atomic mass is 9.83. The Morgan fingerprint density at radius 1 is 1.04 bits per heavy atom. The van der Waals surface area contributed by atoms with Crippen molar-refractivity contribution in [3.63, 3.8) is 0 Å². The zero-order valence-corrected chi connectivity index (χ0v) is 14.2. The number of methoxy groups -OCH3 is 1. The number of aromatic nitrogens is 2. The fourth-order valence-electron chi connectivity index (χ4n) is 3.30. The molecule has 126 valence electrons. The molecule has 1 aliphatic carbocycles. The molecule has 0 atom stereocenters. The van der Waals surface area contributed by atoms with Crippen molar-refractivity contribution in [1.82, 2.24) is 10.2 Å². The van der Waals surface area contributed by atoms with Crippen LogP contribution in [0, 0.1) is 0 Å². The number of carbonyl (C=O) groups is 1. The van der Waals surface area contributed by atoms with Crippen LogP contribution in [-0.4, -0.2) is 35.9 Å². The molecule has 5 heteroatoms.